The van der Waals surface area contributed by atoms with Gasteiger partial charge in [-0.2, -0.15) is 5.26 Å². The van der Waals surface area contributed by atoms with E-state index >= 15 is 0 Å². The monoisotopic (exact) mass is 248 g/mol. The predicted octanol–water partition coefficient (Wildman–Crippen LogP) is 1.58. The first kappa shape index (κ1) is 12.4. The first-order valence-corrected chi connectivity index (χ1v) is 5.75. The van der Waals surface area contributed by atoms with Crippen molar-refractivity contribution in [2.75, 3.05) is 19.7 Å². The van der Waals surface area contributed by atoms with Gasteiger partial charge in [0.15, 0.2) is 11.6 Å². The first-order valence-electron chi connectivity index (χ1n) is 5.75. The van der Waals surface area contributed by atoms with Crippen LogP contribution < -0.4 is 4.74 Å². The summed E-state index contributed by atoms with van der Waals surface area (Å²) >= 11 is 0. The van der Waals surface area contributed by atoms with Crippen molar-refractivity contribution in [1.82, 2.24) is 4.90 Å². The van der Waals surface area contributed by atoms with Gasteiger partial charge in [0.05, 0.1) is 18.5 Å². The van der Waals surface area contributed by atoms with Crippen molar-refractivity contribution < 1.29 is 13.9 Å². The van der Waals surface area contributed by atoms with Crippen LogP contribution in [0.2, 0.25) is 0 Å². The summed E-state index contributed by atoms with van der Waals surface area (Å²) < 4.78 is 18.5. The molecule has 2 rings (SSSR count). The molecule has 94 valence electrons. The largest absolute Gasteiger partial charge is 0.489 e. The Morgan fingerprint density at radius 2 is 2.28 bits per heavy atom. The highest BCUT2D eigenvalue weighted by atomic mass is 19.1. The Bertz CT molecular complexity index is 484. The third kappa shape index (κ3) is 2.77. The van der Waals surface area contributed by atoms with Crippen LogP contribution in [0.4, 0.5) is 4.39 Å². The Labute approximate surface area is 105 Å². The normalized spacial score (nSPS) is 18.8. The Balaban J connectivity index is 1.82. The molecule has 0 spiro atoms. The number of nitrogens with zero attached hydrogens (tertiary/aromatic N) is 2. The zero-order valence-corrected chi connectivity index (χ0v) is 9.80. The lowest BCUT2D eigenvalue weighted by Gasteiger charge is -2.16. The molecule has 5 heteroatoms. The third-order valence-corrected chi connectivity index (χ3v) is 2.85. The second-order valence-electron chi connectivity index (χ2n) is 4.15. The highest BCUT2D eigenvalue weighted by Gasteiger charge is 2.28. The summed E-state index contributed by atoms with van der Waals surface area (Å²) in [7, 11) is 0. The van der Waals surface area contributed by atoms with Gasteiger partial charge in [-0.05, 0) is 12.1 Å². The van der Waals surface area contributed by atoms with Crippen molar-refractivity contribution in [3.8, 4) is 11.8 Å². The van der Waals surface area contributed by atoms with E-state index in [1.165, 1.54) is 6.07 Å². The fourth-order valence-electron chi connectivity index (χ4n) is 1.90. The molecule has 18 heavy (non-hydrogen) atoms. The van der Waals surface area contributed by atoms with Gasteiger partial charge in [0, 0.05) is 13.0 Å². The molecule has 0 N–H and O–H groups in total. The Hall–Kier alpha value is -2.09. The summed E-state index contributed by atoms with van der Waals surface area (Å²) in [5, 5.41) is 8.73. The molecule has 1 aromatic rings. The van der Waals surface area contributed by atoms with Gasteiger partial charge in [-0.1, -0.05) is 12.1 Å². The number of likely N-dealkylation sites (tertiary alicyclic amines) is 1. The molecule has 1 amide bonds. The number of amides is 1. The highest BCUT2D eigenvalue weighted by molar-refractivity contribution is 5.79. The van der Waals surface area contributed by atoms with Crippen molar-refractivity contribution in [2.24, 2.45) is 5.92 Å². The summed E-state index contributed by atoms with van der Waals surface area (Å²) in [4.78, 5) is 13.1. The molecule has 1 atom stereocenters. The predicted molar refractivity (Wildman–Crippen MR) is 62.2 cm³/mol. The summed E-state index contributed by atoms with van der Waals surface area (Å²) in [5.41, 5.74) is 0. The number of benzene rings is 1. The number of halogens is 1. The maximum absolute atomic E-state index is 13.2. The summed E-state index contributed by atoms with van der Waals surface area (Å²) in [6, 6.07) is 8.21. The van der Waals surface area contributed by atoms with E-state index in [-0.39, 0.29) is 30.6 Å². The number of nitriles is 1. The molecular weight excluding hydrogens is 235 g/mol. The number of carbonyl (C=O) groups excluding carboxylic acids is 1. The van der Waals surface area contributed by atoms with Crippen LogP contribution in [0, 0.1) is 23.1 Å². The second kappa shape index (κ2) is 5.50. The molecule has 0 aliphatic carbocycles. The number of ether oxygens (including phenoxy) is 1. The molecule has 1 aliphatic heterocycles. The van der Waals surface area contributed by atoms with Crippen molar-refractivity contribution in [1.29, 1.82) is 5.26 Å². The second-order valence-corrected chi connectivity index (χ2v) is 4.15. The molecule has 1 aliphatic rings. The van der Waals surface area contributed by atoms with Crippen LogP contribution in [0.3, 0.4) is 0 Å². The molecule has 0 bridgehead atoms. The lowest BCUT2D eigenvalue weighted by atomic mass is 10.1. The topological polar surface area (TPSA) is 53.3 Å². The molecule has 4 nitrogen and oxygen atoms in total. The van der Waals surface area contributed by atoms with Gasteiger partial charge >= 0.3 is 0 Å². The maximum atomic E-state index is 13.2. The molecule has 0 radical (unpaired) electrons. The van der Waals surface area contributed by atoms with Crippen LogP contribution in [0.15, 0.2) is 24.3 Å². The third-order valence-electron chi connectivity index (χ3n) is 2.85. The molecule has 1 aromatic carbocycles. The maximum Gasteiger partial charge on any atom is 0.224 e. The van der Waals surface area contributed by atoms with Gasteiger partial charge in [-0.3, -0.25) is 4.79 Å². The summed E-state index contributed by atoms with van der Waals surface area (Å²) in [6.07, 6.45) is 0.274. The molecule has 0 saturated carbocycles. The number of rotatable bonds is 4. The molecular formula is C13H13FN2O2. The Morgan fingerprint density at radius 1 is 1.50 bits per heavy atom. The van der Waals surface area contributed by atoms with E-state index in [0.29, 0.717) is 13.1 Å². The molecule has 1 heterocycles. The quantitative estimate of drug-likeness (QED) is 0.812. The van der Waals surface area contributed by atoms with Crippen LogP contribution >= 0.6 is 0 Å². The lowest BCUT2D eigenvalue weighted by molar-refractivity contribution is -0.128. The van der Waals surface area contributed by atoms with Crippen LogP contribution in [-0.2, 0) is 4.79 Å². The van der Waals surface area contributed by atoms with E-state index in [1.807, 2.05) is 0 Å². The van der Waals surface area contributed by atoms with Crippen LogP contribution in [0.25, 0.3) is 0 Å². The van der Waals surface area contributed by atoms with Crippen LogP contribution in [0.1, 0.15) is 6.42 Å². The average molecular weight is 248 g/mol. The number of hydrogen-bond donors (Lipinski definition) is 0. The smallest absolute Gasteiger partial charge is 0.224 e. The minimum Gasteiger partial charge on any atom is -0.489 e. The first-order chi connectivity index (χ1) is 8.70. The lowest BCUT2D eigenvalue weighted by Crippen LogP contribution is -2.29. The van der Waals surface area contributed by atoms with Gasteiger partial charge in [-0.15, -0.1) is 0 Å². The number of carbonyl (C=O) groups is 1. The van der Waals surface area contributed by atoms with Gasteiger partial charge in [-0.25, -0.2) is 4.39 Å². The Morgan fingerprint density at radius 3 is 2.94 bits per heavy atom. The van der Waals surface area contributed by atoms with Gasteiger partial charge < -0.3 is 9.64 Å². The zero-order valence-electron chi connectivity index (χ0n) is 9.80. The molecule has 1 saturated heterocycles. The molecule has 1 unspecified atom stereocenters. The molecule has 1 fully saturated rings. The standard InChI is InChI=1S/C13H13FN2O2/c14-11-3-1-2-4-12(11)18-6-5-16-9-10(8-15)7-13(16)17/h1-4,10H,5-7,9H2. The van der Waals surface area contributed by atoms with Crippen molar-refractivity contribution in [3.63, 3.8) is 0 Å². The van der Waals surface area contributed by atoms with E-state index in [2.05, 4.69) is 6.07 Å². The summed E-state index contributed by atoms with van der Waals surface area (Å²) in [6.45, 7) is 1.05. The van der Waals surface area contributed by atoms with Crippen LogP contribution in [-0.4, -0.2) is 30.5 Å². The summed E-state index contributed by atoms with van der Waals surface area (Å²) in [5.74, 6) is -0.509. The van der Waals surface area contributed by atoms with E-state index in [1.54, 1.807) is 23.1 Å². The average Bonchev–Trinajstić information content (AvgIpc) is 2.73. The van der Waals surface area contributed by atoms with Crippen molar-refractivity contribution in [3.05, 3.63) is 30.1 Å². The van der Waals surface area contributed by atoms with Gasteiger partial charge in [0.25, 0.3) is 0 Å². The highest BCUT2D eigenvalue weighted by Crippen LogP contribution is 2.18. The number of hydrogen-bond acceptors (Lipinski definition) is 3. The fraction of sp³-hybridized carbons (Fsp3) is 0.385. The minimum absolute atomic E-state index is 0.0429. The van der Waals surface area contributed by atoms with E-state index in [9.17, 15) is 9.18 Å². The Kier molecular flexibility index (Phi) is 3.78. The molecule has 0 aromatic heterocycles. The number of para-hydroxylation sites is 1. The van der Waals surface area contributed by atoms with Gasteiger partial charge in [0.1, 0.15) is 6.61 Å². The van der Waals surface area contributed by atoms with Gasteiger partial charge in [0.2, 0.25) is 5.91 Å². The fourth-order valence-corrected chi connectivity index (χ4v) is 1.90. The van der Waals surface area contributed by atoms with E-state index in [4.69, 9.17) is 10.00 Å². The van der Waals surface area contributed by atoms with E-state index < -0.39 is 5.82 Å². The van der Waals surface area contributed by atoms with Crippen LogP contribution in [0.5, 0.6) is 5.75 Å². The zero-order chi connectivity index (χ0) is 13.0. The van der Waals surface area contributed by atoms with E-state index in [0.717, 1.165) is 0 Å². The van der Waals surface area contributed by atoms with Crippen molar-refractivity contribution in [2.45, 2.75) is 6.42 Å². The van der Waals surface area contributed by atoms with Crippen molar-refractivity contribution >= 4 is 5.91 Å². The SMILES string of the molecule is N#CC1CC(=O)N(CCOc2ccccc2F)C1. The minimum atomic E-state index is -0.417.